The standard InChI is InChI=1S/C7H15BrO/c1-3-7(2)9-6-4-5-8/h7H,3-6H2,1-2H3. The van der Waals surface area contributed by atoms with Crippen molar-refractivity contribution in [3.05, 3.63) is 0 Å². The van der Waals surface area contributed by atoms with Gasteiger partial charge in [0.25, 0.3) is 0 Å². The summed E-state index contributed by atoms with van der Waals surface area (Å²) in [6.07, 6.45) is 2.66. The Labute approximate surface area is 65.9 Å². The molecule has 0 N–H and O–H groups in total. The van der Waals surface area contributed by atoms with Crippen LogP contribution < -0.4 is 0 Å². The first-order valence-electron chi connectivity index (χ1n) is 3.48. The number of rotatable bonds is 5. The minimum Gasteiger partial charge on any atom is -0.378 e. The van der Waals surface area contributed by atoms with Crippen molar-refractivity contribution in [2.45, 2.75) is 32.8 Å². The average Bonchev–Trinajstić information content (AvgIpc) is 1.89. The highest BCUT2D eigenvalue weighted by Crippen LogP contribution is 1.97. The van der Waals surface area contributed by atoms with Crippen LogP contribution in [0.5, 0.6) is 0 Å². The predicted molar refractivity (Wildman–Crippen MR) is 44.1 cm³/mol. The van der Waals surface area contributed by atoms with Crippen molar-refractivity contribution in [3.63, 3.8) is 0 Å². The van der Waals surface area contributed by atoms with Crippen LogP contribution in [0.3, 0.4) is 0 Å². The Morgan fingerprint density at radius 2 is 2.22 bits per heavy atom. The van der Waals surface area contributed by atoms with Gasteiger partial charge in [-0.25, -0.2) is 0 Å². The first-order valence-corrected chi connectivity index (χ1v) is 4.61. The third kappa shape index (κ3) is 6.32. The topological polar surface area (TPSA) is 9.23 Å². The fourth-order valence-corrected chi connectivity index (χ4v) is 0.686. The van der Waals surface area contributed by atoms with Gasteiger partial charge in [0, 0.05) is 11.9 Å². The van der Waals surface area contributed by atoms with E-state index in [0.717, 1.165) is 24.8 Å². The van der Waals surface area contributed by atoms with E-state index < -0.39 is 0 Å². The van der Waals surface area contributed by atoms with E-state index in [1.54, 1.807) is 0 Å². The number of hydrogen-bond acceptors (Lipinski definition) is 1. The summed E-state index contributed by atoms with van der Waals surface area (Å²) in [7, 11) is 0. The lowest BCUT2D eigenvalue weighted by Crippen LogP contribution is -2.07. The molecule has 0 saturated heterocycles. The minimum absolute atomic E-state index is 0.434. The van der Waals surface area contributed by atoms with Crippen molar-refractivity contribution in [2.75, 3.05) is 11.9 Å². The van der Waals surface area contributed by atoms with E-state index in [0.29, 0.717) is 6.10 Å². The molecule has 0 radical (unpaired) electrons. The molecule has 2 heteroatoms. The Hall–Kier alpha value is 0.440. The molecule has 0 aliphatic heterocycles. The zero-order valence-corrected chi connectivity index (χ0v) is 7.78. The summed E-state index contributed by atoms with van der Waals surface area (Å²) in [6.45, 7) is 5.13. The highest BCUT2D eigenvalue weighted by molar-refractivity contribution is 9.09. The third-order valence-electron chi connectivity index (χ3n) is 1.26. The van der Waals surface area contributed by atoms with E-state index in [2.05, 4.69) is 29.8 Å². The van der Waals surface area contributed by atoms with Gasteiger partial charge in [-0.05, 0) is 19.8 Å². The first kappa shape index (κ1) is 9.44. The summed E-state index contributed by atoms with van der Waals surface area (Å²) in [5.41, 5.74) is 0. The van der Waals surface area contributed by atoms with Crippen molar-refractivity contribution < 1.29 is 4.74 Å². The fourth-order valence-electron chi connectivity index (χ4n) is 0.457. The van der Waals surface area contributed by atoms with Gasteiger partial charge in [0.05, 0.1) is 6.10 Å². The lowest BCUT2D eigenvalue weighted by Gasteiger charge is -2.08. The summed E-state index contributed by atoms with van der Waals surface area (Å²) in [4.78, 5) is 0. The van der Waals surface area contributed by atoms with Gasteiger partial charge in [-0.15, -0.1) is 0 Å². The van der Waals surface area contributed by atoms with Crippen molar-refractivity contribution in [1.82, 2.24) is 0 Å². The number of ether oxygens (including phenoxy) is 1. The molecule has 0 aliphatic carbocycles. The van der Waals surface area contributed by atoms with Crippen LogP contribution in [0.2, 0.25) is 0 Å². The van der Waals surface area contributed by atoms with Gasteiger partial charge in [0.1, 0.15) is 0 Å². The molecule has 0 aliphatic rings. The highest BCUT2D eigenvalue weighted by Gasteiger charge is 1.95. The molecule has 0 bridgehead atoms. The molecular weight excluding hydrogens is 180 g/mol. The summed E-state index contributed by atoms with van der Waals surface area (Å²) < 4.78 is 5.40. The van der Waals surface area contributed by atoms with Crippen LogP contribution in [0.4, 0.5) is 0 Å². The van der Waals surface area contributed by atoms with Gasteiger partial charge in [-0.3, -0.25) is 0 Å². The molecule has 1 unspecified atom stereocenters. The maximum absolute atomic E-state index is 5.40. The molecule has 1 nitrogen and oxygen atoms in total. The maximum Gasteiger partial charge on any atom is 0.0544 e. The second-order valence-corrected chi connectivity index (χ2v) is 2.93. The molecule has 0 saturated carbocycles. The summed E-state index contributed by atoms with van der Waals surface area (Å²) in [5.74, 6) is 0. The molecular formula is C7H15BrO. The maximum atomic E-state index is 5.40. The van der Waals surface area contributed by atoms with E-state index in [1.807, 2.05) is 0 Å². The smallest absolute Gasteiger partial charge is 0.0544 e. The number of hydrogen-bond donors (Lipinski definition) is 0. The second kappa shape index (κ2) is 6.56. The molecule has 0 aromatic carbocycles. The van der Waals surface area contributed by atoms with Crippen LogP contribution in [0.15, 0.2) is 0 Å². The molecule has 0 fully saturated rings. The lowest BCUT2D eigenvalue weighted by molar-refractivity contribution is 0.0648. The van der Waals surface area contributed by atoms with Crippen molar-refractivity contribution in [1.29, 1.82) is 0 Å². The number of alkyl halides is 1. The van der Waals surface area contributed by atoms with Gasteiger partial charge in [-0.2, -0.15) is 0 Å². The highest BCUT2D eigenvalue weighted by atomic mass is 79.9. The van der Waals surface area contributed by atoms with Gasteiger partial charge < -0.3 is 4.74 Å². The largest absolute Gasteiger partial charge is 0.378 e. The minimum atomic E-state index is 0.434. The Morgan fingerprint density at radius 3 is 2.67 bits per heavy atom. The van der Waals surface area contributed by atoms with E-state index in [1.165, 1.54) is 0 Å². The average molecular weight is 195 g/mol. The van der Waals surface area contributed by atoms with Gasteiger partial charge in [0.2, 0.25) is 0 Å². The molecule has 0 aromatic heterocycles. The molecule has 9 heavy (non-hydrogen) atoms. The molecule has 1 atom stereocenters. The second-order valence-electron chi connectivity index (χ2n) is 2.13. The quantitative estimate of drug-likeness (QED) is 0.484. The molecule has 0 heterocycles. The van der Waals surface area contributed by atoms with Crippen LogP contribution in [-0.2, 0) is 4.74 Å². The molecule has 0 aromatic rings. The summed E-state index contributed by atoms with van der Waals surface area (Å²) in [6, 6.07) is 0. The van der Waals surface area contributed by atoms with Crippen LogP contribution in [0.1, 0.15) is 26.7 Å². The Bertz CT molecular complexity index is 56.9. The zero-order valence-electron chi connectivity index (χ0n) is 6.19. The van der Waals surface area contributed by atoms with Crippen molar-refractivity contribution in [3.8, 4) is 0 Å². The Morgan fingerprint density at radius 1 is 1.56 bits per heavy atom. The Kier molecular flexibility index (Phi) is 6.88. The molecule has 0 amide bonds. The third-order valence-corrected chi connectivity index (χ3v) is 1.82. The SMILES string of the molecule is CCC(C)OCCCBr. The van der Waals surface area contributed by atoms with E-state index in [-0.39, 0.29) is 0 Å². The Balaban J connectivity index is 2.88. The van der Waals surface area contributed by atoms with Crippen molar-refractivity contribution >= 4 is 15.9 Å². The van der Waals surface area contributed by atoms with Crippen LogP contribution >= 0.6 is 15.9 Å². The van der Waals surface area contributed by atoms with E-state index in [4.69, 9.17) is 4.74 Å². The van der Waals surface area contributed by atoms with Gasteiger partial charge in [-0.1, -0.05) is 22.9 Å². The summed E-state index contributed by atoms with van der Waals surface area (Å²) >= 11 is 3.34. The monoisotopic (exact) mass is 194 g/mol. The summed E-state index contributed by atoms with van der Waals surface area (Å²) in [5, 5.41) is 1.05. The zero-order chi connectivity index (χ0) is 7.11. The van der Waals surface area contributed by atoms with Gasteiger partial charge >= 0.3 is 0 Å². The lowest BCUT2D eigenvalue weighted by atomic mass is 10.3. The van der Waals surface area contributed by atoms with E-state index >= 15 is 0 Å². The van der Waals surface area contributed by atoms with Gasteiger partial charge in [0.15, 0.2) is 0 Å². The van der Waals surface area contributed by atoms with Crippen LogP contribution in [0, 0.1) is 0 Å². The molecule has 56 valence electrons. The number of halogens is 1. The predicted octanol–water partition coefficient (Wildman–Crippen LogP) is 2.59. The van der Waals surface area contributed by atoms with E-state index in [9.17, 15) is 0 Å². The molecule has 0 spiro atoms. The van der Waals surface area contributed by atoms with Crippen LogP contribution in [-0.4, -0.2) is 18.0 Å². The first-order chi connectivity index (χ1) is 4.31. The van der Waals surface area contributed by atoms with Crippen molar-refractivity contribution in [2.24, 2.45) is 0 Å². The molecule has 0 rings (SSSR count). The fraction of sp³-hybridized carbons (Fsp3) is 1.00. The van der Waals surface area contributed by atoms with Crippen LogP contribution in [0.25, 0.3) is 0 Å². The normalized spacial score (nSPS) is 13.7.